The van der Waals surface area contributed by atoms with Gasteiger partial charge in [0, 0.05) is 43.5 Å². The molecule has 0 saturated carbocycles. The molecular formula is C31H35ClN6O3. The van der Waals surface area contributed by atoms with Crippen molar-refractivity contribution in [1.29, 1.82) is 0 Å². The number of aromatic nitrogens is 2. The molecule has 1 saturated heterocycles. The van der Waals surface area contributed by atoms with Gasteiger partial charge in [0.25, 0.3) is 5.91 Å². The average Bonchev–Trinajstić information content (AvgIpc) is 3.13. The van der Waals surface area contributed by atoms with E-state index < -0.39 is 0 Å². The van der Waals surface area contributed by atoms with Crippen molar-refractivity contribution in [1.82, 2.24) is 19.8 Å². The molecule has 2 amide bonds. The lowest BCUT2D eigenvalue weighted by Crippen LogP contribution is -2.43. The molecule has 1 unspecified atom stereocenters. The number of carbonyl (C=O) groups excluding carboxylic acids is 2. The van der Waals surface area contributed by atoms with E-state index >= 15 is 0 Å². The molecule has 10 heteroatoms. The summed E-state index contributed by atoms with van der Waals surface area (Å²) in [5.74, 6) is 0.289. The molecule has 0 aliphatic carbocycles. The summed E-state index contributed by atoms with van der Waals surface area (Å²) in [6, 6.07) is 14.0. The molecule has 0 bridgehead atoms. The van der Waals surface area contributed by atoms with Crippen LogP contribution >= 0.6 is 11.6 Å². The molecule has 3 N–H and O–H groups in total. The monoisotopic (exact) mass is 574 g/mol. The van der Waals surface area contributed by atoms with Crippen LogP contribution < -0.4 is 11.1 Å². The van der Waals surface area contributed by atoms with Crippen molar-refractivity contribution in [2.75, 3.05) is 44.7 Å². The highest BCUT2D eigenvalue weighted by atomic mass is 35.5. The number of nitrogens with zero attached hydrogens (tertiary/aromatic N) is 4. The van der Waals surface area contributed by atoms with E-state index in [1.54, 1.807) is 11.1 Å². The molecule has 0 spiro atoms. The van der Waals surface area contributed by atoms with Crippen LogP contribution in [0.15, 0.2) is 48.7 Å². The highest BCUT2D eigenvalue weighted by Gasteiger charge is 2.38. The van der Waals surface area contributed by atoms with Gasteiger partial charge in [-0.25, -0.2) is 9.97 Å². The number of amides is 2. The second-order valence-corrected chi connectivity index (χ2v) is 11.3. The minimum Gasteiger partial charge on any atom is -0.381 e. The lowest BCUT2D eigenvalue weighted by atomic mass is 9.98. The van der Waals surface area contributed by atoms with Crippen LogP contribution in [0.1, 0.15) is 52.4 Å². The third-order valence-electron chi connectivity index (χ3n) is 8.37. The van der Waals surface area contributed by atoms with Crippen molar-refractivity contribution < 1.29 is 14.3 Å². The standard InChI is InChI=1S/C31H35ClN6O3/c32-26-18-34-31(35-23-10-15-41-16-11-23)36-29(26)22-5-6-24-25(17-22)30(40)38(27(24)7-12-33)19-28(39)37-13-8-20-3-1-2-4-21(20)9-14-37/h1-6,17-18,23,27H,7-16,19,33H2,(H,34,35,36). The number of halogens is 1. The third kappa shape index (κ3) is 5.80. The molecule has 2 aromatic carbocycles. The Morgan fingerprint density at radius 2 is 1.83 bits per heavy atom. The molecule has 0 radical (unpaired) electrons. The molecule has 4 heterocycles. The maximum atomic E-state index is 13.8. The summed E-state index contributed by atoms with van der Waals surface area (Å²) in [7, 11) is 0. The van der Waals surface area contributed by atoms with Crippen LogP contribution in [-0.2, 0) is 22.4 Å². The molecule has 6 rings (SSSR count). The van der Waals surface area contributed by atoms with Gasteiger partial charge in [0.1, 0.15) is 6.54 Å². The minimum atomic E-state index is -0.253. The molecular weight excluding hydrogens is 540 g/mol. The van der Waals surface area contributed by atoms with E-state index in [1.165, 1.54) is 11.1 Å². The summed E-state index contributed by atoms with van der Waals surface area (Å²) in [5, 5.41) is 3.78. The zero-order valence-electron chi connectivity index (χ0n) is 23.0. The molecule has 3 aromatic rings. The van der Waals surface area contributed by atoms with Gasteiger partial charge in [0.15, 0.2) is 0 Å². The van der Waals surface area contributed by atoms with E-state index in [0.29, 0.717) is 61.5 Å². The van der Waals surface area contributed by atoms with Gasteiger partial charge >= 0.3 is 0 Å². The quantitative estimate of drug-likeness (QED) is 0.440. The number of hydrogen-bond acceptors (Lipinski definition) is 7. The number of anilines is 1. The van der Waals surface area contributed by atoms with Crippen LogP contribution in [0.25, 0.3) is 11.3 Å². The molecule has 9 nitrogen and oxygen atoms in total. The first-order valence-corrected chi connectivity index (χ1v) is 14.8. The number of ether oxygens (including phenoxy) is 1. The van der Waals surface area contributed by atoms with E-state index in [9.17, 15) is 9.59 Å². The molecule has 41 heavy (non-hydrogen) atoms. The van der Waals surface area contributed by atoms with Crippen molar-refractivity contribution >= 4 is 29.4 Å². The Labute approximate surface area is 245 Å². The van der Waals surface area contributed by atoms with Crippen LogP contribution in [0, 0.1) is 0 Å². The maximum absolute atomic E-state index is 13.8. The topological polar surface area (TPSA) is 114 Å². The molecule has 1 aromatic heterocycles. The summed E-state index contributed by atoms with van der Waals surface area (Å²) in [6.07, 6.45) is 5.56. The number of benzene rings is 2. The predicted molar refractivity (Wildman–Crippen MR) is 158 cm³/mol. The molecule has 3 aliphatic rings. The number of nitrogens with two attached hydrogens (primary N) is 1. The van der Waals surface area contributed by atoms with Crippen LogP contribution in [0.2, 0.25) is 5.02 Å². The third-order valence-corrected chi connectivity index (χ3v) is 8.65. The van der Waals surface area contributed by atoms with Crippen LogP contribution in [0.5, 0.6) is 0 Å². The molecule has 3 aliphatic heterocycles. The van der Waals surface area contributed by atoms with Crippen LogP contribution in [0.3, 0.4) is 0 Å². The van der Waals surface area contributed by atoms with E-state index in [1.807, 2.05) is 35.2 Å². The second kappa shape index (κ2) is 12.1. The Morgan fingerprint density at radius 1 is 1.10 bits per heavy atom. The van der Waals surface area contributed by atoms with E-state index in [2.05, 4.69) is 22.4 Å². The first-order valence-electron chi connectivity index (χ1n) is 14.4. The van der Waals surface area contributed by atoms with Crippen molar-refractivity contribution in [2.24, 2.45) is 5.73 Å². The Bertz CT molecular complexity index is 1420. The molecule has 1 fully saturated rings. The zero-order valence-corrected chi connectivity index (χ0v) is 23.8. The SMILES string of the molecule is NCCC1c2ccc(-c3nc(NC4CCOCC4)ncc3Cl)cc2C(=O)N1CC(=O)N1CCc2ccccc2CC1. The zero-order chi connectivity index (χ0) is 28.3. The predicted octanol–water partition coefficient (Wildman–Crippen LogP) is 3.86. The van der Waals surface area contributed by atoms with Crippen molar-refractivity contribution in [2.45, 2.75) is 44.2 Å². The first kappa shape index (κ1) is 27.6. The van der Waals surface area contributed by atoms with Gasteiger partial charge in [-0.1, -0.05) is 48.0 Å². The van der Waals surface area contributed by atoms with E-state index in [4.69, 9.17) is 27.1 Å². The number of rotatable bonds is 7. The highest BCUT2D eigenvalue weighted by molar-refractivity contribution is 6.33. The second-order valence-electron chi connectivity index (χ2n) is 10.9. The van der Waals surface area contributed by atoms with Crippen molar-refractivity contribution in [3.63, 3.8) is 0 Å². The Balaban J connectivity index is 1.21. The van der Waals surface area contributed by atoms with Gasteiger partial charge in [0.05, 0.1) is 23.0 Å². The molecule has 214 valence electrons. The number of fused-ring (bicyclic) bond motifs is 2. The van der Waals surface area contributed by atoms with Gasteiger partial charge in [-0.2, -0.15) is 0 Å². The number of nitrogens with one attached hydrogen (secondary N) is 1. The number of hydrogen-bond donors (Lipinski definition) is 2. The Hall–Kier alpha value is -3.53. The molecule has 1 atom stereocenters. The smallest absolute Gasteiger partial charge is 0.255 e. The lowest BCUT2D eigenvalue weighted by molar-refractivity contribution is -0.132. The van der Waals surface area contributed by atoms with E-state index in [-0.39, 0.29) is 30.4 Å². The highest BCUT2D eigenvalue weighted by Crippen LogP contribution is 2.39. The Morgan fingerprint density at radius 3 is 2.54 bits per heavy atom. The van der Waals surface area contributed by atoms with Gasteiger partial charge in [-0.3, -0.25) is 9.59 Å². The summed E-state index contributed by atoms with van der Waals surface area (Å²) in [6.45, 7) is 3.14. The van der Waals surface area contributed by atoms with Gasteiger partial charge in [-0.05, 0) is 61.4 Å². The average molecular weight is 575 g/mol. The summed E-state index contributed by atoms with van der Waals surface area (Å²) < 4.78 is 5.44. The van der Waals surface area contributed by atoms with E-state index in [0.717, 1.165) is 36.8 Å². The van der Waals surface area contributed by atoms with Gasteiger partial charge < -0.3 is 25.6 Å². The normalized spacial score (nSPS) is 19.1. The largest absolute Gasteiger partial charge is 0.381 e. The summed E-state index contributed by atoms with van der Waals surface area (Å²) in [5.41, 5.74) is 11.3. The maximum Gasteiger partial charge on any atom is 0.255 e. The first-order chi connectivity index (χ1) is 20.0. The van der Waals surface area contributed by atoms with Gasteiger partial charge in [0.2, 0.25) is 11.9 Å². The number of carbonyl (C=O) groups is 2. The van der Waals surface area contributed by atoms with Crippen LogP contribution in [0.4, 0.5) is 5.95 Å². The summed E-state index contributed by atoms with van der Waals surface area (Å²) in [4.78, 5) is 39.9. The fourth-order valence-electron chi connectivity index (χ4n) is 6.12. The van der Waals surface area contributed by atoms with Gasteiger partial charge in [-0.15, -0.1) is 0 Å². The lowest BCUT2D eigenvalue weighted by Gasteiger charge is -2.28. The van der Waals surface area contributed by atoms with Crippen molar-refractivity contribution in [3.05, 3.63) is 75.9 Å². The minimum absolute atomic E-state index is 0.0251. The van der Waals surface area contributed by atoms with Crippen molar-refractivity contribution in [3.8, 4) is 11.3 Å². The fraction of sp³-hybridized carbons (Fsp3) is 0.419. The Kier molecular flexibility index (Phi) is 8.18. The summed E-state index contributed by atoms with van der Waals surface area (Å²) >= 11 is 6.53. The van der Waals surface area contributed by atoms with Crippen LogP contribution in [-0.4, -0.2) is 77.0 Å². The fourth-order valence-corrected chi connectivity index (χ4v) is 6.32.